The molecule has 126 valence electrons. The van der Waals surface area contributed by atoms with E-state index in [0.29, 0.717) is 23.7 Å². The van der Waals surface area contributed by atoms with Crippen LogP contribution in [-0.2, 0) is 24.1 Å². The molecule has 0 saturated heterocycles. The summed E-state index contributed by atoms with van der Waals surface area (Å²) >= 11 is 1.54. The van der Waals surface area contributed by atoms with E-state index in [4.69, 9.17) is 10.00 Å². The Morgan fingerprint density at radius 3 is 2.75 bits per heavy atom. The van der Waals surface area contributed by atoms with Gasteiger partial charge < -0.3 is 10.1 Å². The first-order chi connectivity index (χ1) is 11.5. The molecular weight excluding hydrogens is 324 g/mol. The van der Waals surface area contributed by atoms with Crippen molar-refractivity contribution >= 4 is 17.7 Å². The summed E-state index contributed by atoms with van der Waals surface area (Å²) in [7, 11) is 3.40. The van der Waals surface area contributed by atoms with Gasteiger partial charge in [0.1, 0.15) is 0 Å². The van der Waals surface area contributed by atoms with Gasteiger partial charge in [0.05, 0.1) is 35.8 Å². The molecule has 7 heteroatoms. The predicted octanol–water partition coefficient (Wildman–Crippen LogP) is 2.16. The van der Waals surface area contributed by atoms with Crippen molar-refractivity contribution in [1.29, 1.82) is 5.26 Å². The molecule has 2 aromatic rings. The third-order valence-electron chi connectivity index (χ3n) is 3.53. The fraction of sp³-hybridized carbons (Fsp3) is 0.353. The molecule has 0 bridgehead atoms. The maximum Gasteiger partial charge on any atom is 0.230 e. The van der Waals surface area contributed by atoms with Crippen molar-refractivity contribution in [2.24, 2.45) is 7.05 Å². The number of thioether (sulfide) groups is 1. The van der Waals surface area contributed by atoms with Crippen molar-refractivity contribution in [3.63, 3.8) is 0 Å². The van der Waals surface area contributed by atoms with Crippen molar-refractivity contribution in [2.45, 2.75) is 19.2 Å². The lowest BCUT2D eigenvalue weighted by Crippen LogP contribution is -2.25. The van der Waals surface area contributed by atoms with Gasteiger partial charge in [-0.1, -0.05) is 12.1 Å². The third-order valence-corrected chi connectivity index (χ3v) is 4.53. The third kappa shape index (κ3) is 4.52. The Labute approximate surface area is 145 Å². The Kier molecular flexibility index (Phi) is 6.27. The minimum absolute atomic E-state index is 0.0287. The molecule has 1 amide bonds. The van der Waals surface area contributed by atoms with Crippen LogP contribution < -0.4 is 10.1 Å². The Morgan fingerprint density at radius 1 is 1.42 bits per heavy atom. The molecule has 0 saturated carbocycles. The molecule has 0 spiro atoms. The van der Waals surface area contributed by atoms with Crippen LogP contribution in [0.1, 0.15) is 22.4 Å². The molecule has 0 aliphatic carbocycles. The number of benzene rings is 1. The first-order valence-corrected chi connectivity index (χ1v) is 8.60. The van der Waals surface area contributed by atoms with E-state index in [1.54, 1.807) is 23.9 Å². The van der Waals surface area contributed by atoms with E-state index < -0.39 is 0 Å². The van der Waals surface area contributed by atoms with Crippen LogP contribution in [0.3, 0.4) is 0 Å². The zero-order valence-corrected chi connectivity index (χ0v) is 14.8. The number of ether oxygens (including phenoxy) is 1. The normalized spacial score (nSPS) is 10.2. The predicted molar refractivity (Wildman–Crippen MR) is 93.7 cm³/mol. The van der Waals surface area contributed by atoms with Gasteiger partial charge in [-0.3, -0.25) is 4.79 Å². The number of methoxy groups -OCH3 is 1. The van der Waals surface area contributed by atoms with E-state index in [0.717, 1.165) is 22.6 Å². The fourth-order valence-corrected chi connectivity index (χ4v) is 3.13. The van der Waals surface area contributed by atoms with Crippen LogP contribution in [0.25, 0.3) is 0 Å². The molecule has 1 aromatic heterocycles. The van der Waals surface area contributed by atoms with Crippen molar-refractivity contribution in [1.82, 2.24) is 15.1 Å². The number of aryl methyl sites for hydroxylation is 2. The number of hydrogen-bond donors (Lipinski definition) is 1. The fourth-order valence-electron chi connectivity index (χ4n) is 2.31. The molecule has 2 rings (SSSR count). The van der Waals surface area contributed by atoms with Gasteiger partial charge >= 0.3 is 0 Å². The van der Waals surface area contributed by atoms with Crippen molar-refractivity contribution < 1.29 is 9.53 Å². The summed E-state index contributed by atoms with van der Waals surface area (Å²) in [6, 6.07) is 9.48. The van der Waals surface area contributed by atoms with Gasteiger partial charge in [0, 0.05) is 19.3 Å². The van der Waals surface area contributed by atoms with Gasteiger partial charge in [-0.25, -0.2) is 4.68 Å². The van der Waals surface area contributed by atoms with E-state index in [1.165, 1.54) is 11.8 Å². The highest BCUT2D eigenvalue weighted by Crippen LogP contribution is 2.20. The smallest absolute Gasteiger partial charge is 0.230 e. The largest absolute Gasteiger partial charge is 0.481 e. The summed E-state index contributed by atoms with van der Waals surface area (Å²) in [5.74, 6) is 1.74. The zero-order chi connectivity index (χ0) is 17.5. The van der Waals surface area contributed by atoms with E-state index >= 15 is 0 Å². The SMILES string of the molecule is COc1c(CNC(=O)CSCc2ccc(C#N)cc2)c(C)nn1C. The number of hydrogen-bond acceptors (Lipinski definition) is 5. The Bertz CT molecular complexity index is 747. The average Bonchev–Trinajstić information content (AvgIpc) is 2.86. The number of nitrogens with zero attached hydrogens (tertiary/aromatic N) is 3. The van der Waals surface area contributed by atoms with Gasteiger partial charge in [0.15, 0.2) is 0 Å². The van der Waals surface area contributed by atoms with E-state index in [1.807, 2.05) is 26.1 Å². The highest BCUT2D eigenvalue weighted by Gasteiger charge is 2.14. The molecule has 1 aromatic carbocycles. The van der Waals surface area contributed by atoms with Gasteiger partial charge in [0.25, 0.3) is 0 Å². The van der Waals surface area contributed by atoms with Crippen molar-refractivity contribution in [3.05, 3.63) is 46.6 Å². The minimum atomic E-state index is -0.0287. The first kappa shape index (κ1) is 17.9. The van der Waals surface area contributed by atoms with Crippen LogP contribution in [0.2, 0.25) is 0 Å². The second-order valence-corrected chi connectivity index (χ2v) is 6.26. The molecule has 1 N–H and O–H groups in total. The monoisotopic (exact) mass is 344 g/mol. The molecule has 0 aliphatic heterocycles. The molecule has 0 radical (unpaired) electrons. The van der Waals surface area contributed by atoms with Crippen molar-refractivity contribution in [3.8, 4) is 11.9 Å². The van der Waals surface area contributed by atoms with Crippen LogP contribution in [-0.4, -0.2) is 28.6 Å². The molecule has 0 unspecified atom stereocenters. The van der Waals surface area contributed by atoms with Crippen LogP contribution in [0.4, 0.5) is 0 Å². The second-order valence-electron chi connectivity index (χ2n) is 5.28. The van der Waals surface area contributed by atoms with Crippen LogP contribution in [0.5, 0.6) is 5.88 Å². The van der Waals surface area contributed by atoms with Gasteiger partial charge in [-0.2, -0.15) is 10.4 Å². The lowest BCUT2D eigenvalue weighted by molar-refractivity contribution is -0.118. The maximum absolute atomic E-state index is 12.0. The number of aromatic nitrogens is 2. The number of rotatable bonds is 7. The Morgan fingerprint density at radius 2 is 2.12 bits per heavy atom. The summed E-state index contributed by atoms with van der Waals surface area (Å²) in [6.07, 6.45) is 0. The summed E-state index contributed by atoms with van der Waals surface area (Å²) < 4.78 is 6.97. The number of nitriles is 1. The topological polar surface area (TPSA) is 79.9 Å². The lowest BCUT2D eigenvalue weighted by Gasteiger charge is -2.07. The minimum Gasteiger partial charge on any atom is -0.481 e. The number of nitrogens with one attached hydrogen (secondary N) is 1. The molecule has 24 heavy (non-hydrogen) atoms. The molecule has 6 nitrogen and oxygen atoms in total. The molecule has 0 fully saturated rings. The Hall–Kier alpha value is -2.46. The average molecular weight is 344 g/mol. The van der Waals surface area contributed by atoms with Gasteiger partial charge in [0.2, 0.25) is 11.8 Å². The quantitative estimate of drug-likeness (QED) is 0.832. The molecule has 0 atom stereocenters. The van der Waals surface area contributed by atoms with E-state index in [-0.39, 0.29) is 5.91 Å². The van der Waals surface area contributed by atoms with Crippen LogP contribution in [0, 0.1) is 18.3 Å². The molecule has 1 heterocycles. The molecular formula is C17H20N4O2S. The first-order valence-electron chi connectivity index (χ1n) is 7.45. The van der Waals surface area contributed by atoms with E-state index in [2.05, 4.69) is 16.5 Å². The Balaban J connectivity index is 1.78. The number of carbonyl (C=O) groups is 1. The standard InChI is InChI=1S/C17H20N4O2S/c1-12-15(17(23-3)21(2)20-12)9-19-16(22)11-24-10-14-6-4-13(8-18)5-7-14/h4-7H,9-11H2,1-3H3,(H,19,22). The highest BCUT2D eigenvalue weighted by molar-refractivity contribution is 7.99. The maximum atomic E-state index is 12.0. The van der Waals surface area contributed by atoms with Crippen molar-refractivity contribution in [2.75, 3.05) is 12.9 Å². The highest BCUT2D eigenvalue weighted by atomic mass is 32.2. The number of amides is 1. The van der Waals surface area contributed by atoms with Gasteiger partial charge in [-0.15, -0.1) is 11.8 Å². The number of carbonyl (C=O) groups excluding carboxylic acids is 1. The van der Waals surface area contributed by atoms with Crippen LogP contribution in [0.15, 0.2) is 24.3 Å². The van der Waals surface area contributed by atoms with E-state index in [9.17, 15) is 4.79 Å². The molecule has 0 aliphatic rings. The summed E-state index contributed by atoms with van der Waals surface area (Å²) in [5, 5.41) is 15.9. The van der Waals surface area contributed by atoms with Crippen LogP contribution >= 0.6 is 11.8 Å². The lowest BCUT2D eigenvalue weighted by atomic mass is 10.2. The second kappa shape index (κ2) is 8.41. The zero-order valence-electron chi connectivity index (χ0n) is 14.0. The summed E-state index contributed by atoms with van der Waals surface area (Å²) in [6.45, 7) is 2.29. The van der Waals surface area contributed by atoms with Gasteiger partial charge in [-0.05, 0) is 24.6 Å². The summed E-state index contributed by atoms with van der Waals surface area (Å²) in [4.78, 5) is 12.0. The summed E-state index contributed by atoms with van der Waals surface area (Å²) in [5.41, 5.74) is 3.48.